The highest BCUT2D eigenvalue weighted by Crippen LogP contribution is 2.32. The summed E-state index contributed by atoms with van der Waals surface area (Å²) < 4.78 is 17.9. The largest absolute Gasteiger partial charge is 0.444 e. The van der Waals surface area contributed by atoms with Gasteiger partial charge in [-0.15, -0.1) is 0 Å². The molecule has 2 aliphatic heterocycles. The molecule has 0 spiro atoms. The summed E-state index contributed by atoms with van der Waals surface area (Å²) >= 11 is 0. The van der Waals surface area contributed by atoms with Gasteiger partial charge >= 0.3 is 0 Å². The molecule has 19 heteroatoms. The number of anilines is 3. The van der Waals surface area contributed by atoms with Crippen LogP contribution in [0.1, 0.15) is 67.4 Å². The number of imide groups is 2. The second-order valence-electron chi connectivity index (χ2n) is 13.6. The quantitative estimate of drug-likeness (QED) is 0.0579. The summed E-state index contributed by atoms with van der Waals surface area (Å²) in [6, 6.07) is 7.30. The maximum absolute atomic E-state index is 13.2. The number of carbonyl (C=O) groups excluding carboxylic acids is 6. The van der Waals surface area contributed by atoms with Crippen LogP contribution in [0.25, 0.3) is 11.5 Å². The Balaban J connectivity index is 0.804. The van der Waals surface area contributed by atoms with Crippen LogP contribution in [-0.2, 0) is 25.6 Å². The Hall–Kier alpha value is -7.35. The Labute approximate surface area is 336 Å². The summed E-state index contributed by atoms with van der Waals surface area (Å²) in [5, 5.41) is 15.3. The molecule has 0 radical (unpaired) electrons. The van der Waals surface area contributed by atoms with Gasteiger partial charge < -0.3 is 35.6 Å². The minimum atomic E-state index is -1.04. The summed E-state index contributed by atoms with van der Waals surface area (Å²) in [6.07, 6.45) is 6.80. The molecule has 1 saturated carbocycles. The number of fused-ring (bicyclic) bond motifs is 1. The topological polar surface area (TPSA) is 255 Å². The van der Waals surface area contributed by atoms with Gasteiger partial charge in [0.1, 0.15) is 31.3 Å². The van der Waals surface area contributed by atoms with E-state index in [1.807, 2.05) is 0 Å². The zero-order valence-corrected chi connectivity index (χ0v) is 31.5. The summed E-state index contributed by atoms with van der Waals surface area (Å²) in [6.45, 7) is 2.11. The number of carbonyl (C=O) groups is 6. The van der Waals surface area contributed by atoms with Crippen LogP contribution in [0, 0.1) is 29.6 Å². The molecule has 0 bridgehead atoms. The van der Waals surface area contributed by atoms with E-state index in [2.05, 4.69) is 60.0 Å². The number of primary amides is 1. The van der Waals surface area contributed by atoms with Crippen LogP contribution in [0.5, 0.6) is 0 Å². The van der Waals surface area contributed by atoms with E-state index in [4.69, 9.17) is 19.6 Å². The number of amides is 6. The molecule has 3 aliphatic rings. The highest BCUT2D eigenvalue weighted by Gasteiger charge is 2.45. The van der Waals surface area contributed by atoms with Crippen LogP contribution in [0.4, 0.5) is 17.2 Å². The molecule has 3 aromatic heterocycles. The molecule has 2 fully saturated rings. The lowest BCUT2D eigenvalue weighted by molar-refractivity contribution is -0.136. The van der Waals surface area contributed by atoms with Gasteiger partial charge in [-0.1, -0.05) is 17.9 Å². The third kappa shape index (κ3) is 9.79. The zero-order chi connectivity index (χ0) is 41.3. The number of benzene rings is 1. The fraction of sp³-hybridized carbons (Fsp3) is 0.325. The predicted molar refractivity (Wildman–Crippen MR) is 208 cm³/mol. The van der Waals surface area contributed by atoms with Crippen molar-refractivity contribution in [2.75, 3.05) is 55.5 Å². The Kier molecular flexibility index (Phi) is 12.4. The molecular weight excluding hydrogens is 765 g/mol. The molecule has 1 aliphatic carbocycles. The number of nitrogens with zero attached hydrogens (tertiary/aromatic N) is 5. The number of hydrogen-bond donors (Lipinski definition) is 5. The van der Waals surface area contributed by atoms with Gasteiger partial charge in [0.15, 0.2) is 11.4 Å². The minimum absolute atomic E-state index is 0.0136. The van der Waals surface area contributed by atoms with Crippen LogP contribution < -0.4 is 27.0 Å². The SMILES string of the molecule is NC(=O)c1nn(CC#CC#CCOCCOCCNc2cccc3c2C(=O)N(C2CCC(=O)NC2=O)C3=O)cc1NC(=O)c1coc(-c2ccnc(NCC3CC3)c2)n1. The van der Waals surface area contributed by atoms with Gasteiger partial charge in [-0.2, -0.15) is 5.10 Å². The van der Waals surface area contributed by atoms with Crippen molar-refractivity contribution in [3.8, 4) is 35.1 Å². The number of ether oxygens (including phenoxy) is 2. The molecule has 19 nitrogen and oxygen atoms in total. The Morgan fingerprint density at radius 1 is 0.983 bits per heavy atom. The highest BCUT2D eigenvalue weighted by atomic mass is 16.5. The molecule has 4 aromatic rings. The molecule has 1 saturated heterocycles. The highest BCUT2D eigenvalue weighted by molar-refractivity contribution is 6.25. The molecular formula is C40H38N10O9. The van der Waals surface area contributed by atoms with Gasteiger partial charge in [-0.25, -0.2) is 9.97 Å². The maximum atomic E-state index is 13.2. The van der Waals surface area contributed by atoms with Crippen molar-refractivity contribution in [1.82, 2.24) is 30.0 Å². The third-order valence-corrected chi connectivity index (χ3v) is 9.31. The minimum Gasteiger partial charge on any atom is -0.444 e. The smallest absolute Gasteiger partial charge is 0.277 e. The molecule has 1 aromatic carbocycles. The van der Waals surface area contributed by atoms with Gasteiger partial charge in [0.05, 0.1) is 42.8 Å². The summed E-state index contributed by atoms with van der Waals surface area (Å²) in [4.78, 5) is 84.6. The molecule has 1 unspecified atom stereocenters. The van der Waals surface area contributed by atoms with Crippen molar-refractivity contribution in [2.45, 2.75) is 38.3 Å². The lowest BCUT2D eigenvalue weighted by Gasteiger charge is -2.27. The summed E-state index contributed by atoms with van der Waals surface area (Å²) in [5.74, 6) is 8.74. The Morgan fingerprint density at radius 3 is 2.63 bits per heavy atom. The van der Waals surface area contributed by atoms with Gasteiger partial charge in [0.25, 0.3) is 23.6 Å². The van der Waals surface area contributed by atoms with Gasteiger partial charge in [0, 0.05) is 37.0 Å². The summed E-state index contributed by atoms with van der Waals surface area (Å²) in [5.41, 5.74) is 6.84. The van der Waals surface area contributed by atoms with E-state index >= 15 is 0 Å². The van der Waals surface area contributed by atoms with E-state index in [9.17, 15) is 28.8 Å². The predicted octanol–water partition coefficient (Wildman–Crippen LogP) is 1.66. The van der Waals surface area contributed by atoms with Crippen molar-refractivity contribution in [3.05, 3.63) is 71.5 Å². The number of nitrogens with two attached hydrogens (primary N) is 1. The average Bonchev–Trinajstić information content (AvgIpc) is 3.64. The Morgan fingerprint density at radius 2 is 1.81 bits per heavy atom. The third-order valence-electron chi connectivity index (χ3n) is 9.31. The monoisotopic (exact) mass is 802 g/mol. The number of pyridine rings is 1. The first-order valence-corrected chi connectivity index (χ1v) is 18.7. The van der Waals surface area contributed by atoms with Crippen LogP contribution >= 0.6 is 0 Å². The van der Waals surface area contributed by atoms with Crippen molar-refractivity contribution >= 4 is 52.6 Å². The van der Waals surface area contributed by atoms with Crippen molar-refractivity contribution in [2.24, 2.45) is 11.7 Å². The van der Waals surface area contributed by atoms with Gasteiger partial charge in [-0.3, -0.25) is 43.7 Å². The fourth-order valence-electron chi connectivity index (χ4n) is 6.21. The number of oxazole rings is 1. The van der Waals surface area contributed by atoms with Gasteiger partial charge in [0.2, 0.25) is 17.7 Å². The van der Waals surface area contributed by atoms with Crippen LogP contribution in [0.3, 0.4) is 0 Å². The van der Waals surface area contributed by atoms with Crippen molar-refractivity contribution < 1.29 is 42.7 Å². The molecule has 5 heterocycles. The van der Waals surface area contributed by atoms with E-state index in [0.29, 0.717) is 29.5 Å². The molecule has 6 N–H and O–H groups in total. The second kappa shape index (κ2) is 18.3. The molecule has 59 heavy (non-hydrogen) atoms. The molecule has 302 valence electrons. The normalized spacial score (nSPS) is 15.7. The van der Waals surface area contributed by atoms with Crippen LogP contribution in [0.2, 0.25) is 0 Å². The fourth-order valence-corrected chi connectivity index (χ4v) is 6.21. The lowest BCUT2D eigenvalue weighted by atomic mass is 10.0. The average molecular weight is 803 g/mol. The van der Waals surface area contributed by atoms with E-state index in [0.717, 1.165) is 11.4 Å². The maximum Gasteiger partial charge on any atom is 0.277 e. The molecule has 7 rings (SSSR count). The van der Waals surface area contributed by atoms with Crippen LogP contribution in [-0.4, -0.2) is 106 Å². The van der Waals surface area contributed by atoms with E-state index in [-0.39, 0.29) is 79.9 Å². The van der Waals surface area contributed by atoms with Crippen LogP contribution in [0.15, 0.2) is 53.4 Å². The number of nitrogens with one attached hydrogen (secondary N) is 4. The van der Waals surface area contributed by atoms with E-state index in [1.165, 1.54) is 36.0 Å². The van der Waals surface area contributed by atoms with E-state index < -0.39 is 41.5 Å². The van der Waals surface area contributed by atoms with Crippen molar-refractivity contribution in [1.29, 1.82) is 0 Å². The molecule has 1 atom stereocenters. The number of aromatic nitrogens is 4. The summed E-state index contributed by atoms with van der Waals surface area (Å²) in [7, 11) is 0. The Bertz CT molecular complexity index is 2430. The molecule has 6 amide bonds. The number of hydrogen-bond acceptors (Lipinski definition) is 14. The lowest BCUT2D eigenvalue weighted by Crippen LogP contribution is -2.54. The van der Waals surface area contributed by atoms with Crippen molar-refractivity contribution in [3.63, 3.8) is 0 Å². The van der Waals surface area contributed by atoms with Gasteiger partial charge in [-0.05, 0) is 61.3 Å². The zero-order valence-electron chi connectivity index (χ0n) is 31.5. The first-order chi connectivity index (χ1) is 28.7. The second-order valence-corrected chi connectivity index (χ2v) is 13.6. The number of rotatable bonds is 17. The first-order valence-electron chi connectivity index (χ1n) is 18.7. The van der Waals surface area contributed by atoms with E-state index in [1.54, 1.807) is 30.5 Å². The first kappa shape index (κ1) is 39.9. The standard InChI is InChI=1S/C40H38N10O9/c41-35(52)34-28(45-36(53)29-23-59-38(46-29)25-12-13-43-31(20-25)44-21-24-8-9-24)22-49(48-34)15-3-1-2-4-16-57-18-19-58-17-14-42-27-7-5-6-26-33(27)40(56)50(39(26)55)30-10-11-32(51)47-37(30)54/h5-7,12-13,20,22-24,30,42H,8-11,14-19,21H2,(H2,41,52)(H,43,44)(H,45,53)(H,47,51,54). The number of piperidine rings is 1.